The number of hydrogen-bond donors (Lipinski definition) is 1. The molecule has 0 radical (unpaired) electrons. The number of imidazole rings is 1. The van der Waals surface area contributed by atoms with Crippen LogP contribution in [0.5, 0.6) is 0 Å². The molecule has 0 bridgehead atoms. The summed E-state index contributed by atoms with van der Waals surface area (Å²) in [5.74, 6) is 0.474. The Morgan fingerprint density at radius 3 is 2.59 bits per heavy atom. The minimum absolute atomic E-state index is 0.0133. The number of nitrogens with zero attached hydrogens (tertiary/aromatic N) is 3. The van der Waals surface area contributed by atoms with Gasteiger partial charge in [-0.15, -0.1) is 0 Å². The first-order valence-corrected chi connectivity index (χ1v) is 6.49. The number of para-hydroxylation sites is 2. The van der Waals surface area contributed by atoms with E-state index < -0.39 is 4.92 Å². The number of nitrogens with one attached hydrogen (secondary N) is 1. The highest BCUT2D eigenvalue weighted by Crippen LogP contribution is 2.20. The molecule has 0 aliphatic carbocycles. The van der Waals surface area contributed by atoms with Gasteiger partial charge in [0, 0.05) is 12.1 Å². The molecule has 0 saturated carbocycles. The van der Waals surface area contributed by atoms with Crippen molar-refractivity contribution in [2.75, 3.05) is 0 Å². The first-order chi connectivity index (χ1) is 10.7. The number of aromatic amines is 1. The zero-order chi connectivity index (χ0) is 15.5. The van der Waals surface area contributed by atoms with Crippen molar-refractivity contribution in [3.63, 3.8) is 0 Å². The summed E-state index contributed by atoms with van der Waals surface area (Å²) in [6, 6.07) is 15.6. The van der Waals surface area contributed by atoms with E-state index in [-0.39, 0.29) is 5.69 Å². The van der Waals surface area contributed by atoms with Crippen molar-refractivity contribution in [1.29, 1.82) is 5.26 Å². The molecule has 106 valence electrons. The molecule has 0 atom stereocenters. The standard InChI is InChI=1S/C16H10N4O2/c17-10-12(9-11-5-7-13(8-6-11)20(21)22)16-18-14-3-1-2-4-15(14)19-16/h1-9H,(H,18,19)/b12-9-. The fraction of sp³-hybridized carbons (Fsp3) is 0. The largest absolute Gasteiger partial charge is 0.337 e. The summed E-state index contributed by atoms with van der Waals surface area (Å²) in [6.07, 6.45) is 1.64. The van der Waals surface area contributed by atoms with Crippen molar-refractivity contribution < 1.29 is 4.92 Å². The van der Waals surface area contributed by atoms with Gasteiger partial charge in [-0.2, -0.15) is 5.26 Å². The molecule has 22 heavy (non-hydrogen) atoms. The molecule has 0 aliphatic rings. The topological polar surface area (TPSA) is 95.6 Å². The lowest BCUT2D eigenvalue weighted by molar-refractivity contribution is -0.384. The van der Waals surface area contributed by atoms with Gasteiger partial charge in [-0.05, 0) is 35.9 Å². The van der Waals surface area contributed by atoms with Crippen molar-refractivity contribution in [2.45, 2.75) is 0 Å². The lowest BCUT2D eigenvalue weighted by Crippen LogP contribution is -1.88. The van der Waals surface area contributed by atoms with Crippen molar-refractivity contribution in [1.82, 2.24) is 9.97 Å². The average Bonchev–Trinajstić information content (AvgIpc) is 2.96. The zero-order valence-electron chi connectivity index (χ0n) is 11.4. The summed E-state index contributed by atoms with van der Waals surface area (Å²) in [6.45, 7) is 0. The third kappa shape index (κ3) is 2.55. The van der Waals surface area contributed by atoms with Gasteiger partial charge in [0.1, 0.15) is 11.9 Å². The second-order valence-corrected chi connectivity index (χ2v) is 4.62. The second kappa shape index (κ2) is 5.50. The molecular formula is C16H10N4O2. The van der Waals surface area contributed by atoms with E-state index in [1.54, 1.807) is 18.2 Å². The van der Waals surface area contributed by atoms with Crippen LogP contribution in [0.1, 0.15) is 11.4 Å². The number of allylic oxidation sites excluding steroid dienone is 1. The highest BCUT2D eigenvalue weighted by Gasteiger charge is 2.08. The second-order valence-electron chi connectivity index (χ2n) is 4.62. The van der Waals surface area contributed by atoms with Crippen LogP contribution in [-0.2, 0) is 0 Å². The minimum atomic E-state index is -0.460. The Bertz CT molecular complexity index is 884. The molecule has 0 unspecified atom stereocenters. The Morgan fingerprint density at radius 2 is 1.95 bits per heavy atom. The van der Waals surface area contributed by atoms with E-state index >= 15 is 0 Å². The number of nitro benzene ring substituents is 1. The number of nitro groups is 1. The zero-order valence-corrected chi connectivity index (χ0v) is 11.4. The number of fused-ring (bicyclic) bond motifs is 1. The van der Waals surface area contributed by atoms with E-state index in [1.165, 1.54) is 12.1 Å². The van der Waals surface area contributed by atoms with Crippen molar-refractivity contribution in [3.8, 4) is 6.07 Å². The van der Waals surface area contributed by atoms with E-state index in [1.807, 2.05) is 24.3 Å². The van der Waals surface area contributed by atoms with Gasteiger partial charge >= 0.3 is 0 Å². The lowest BCUT2D eigenvalue weighted by Gasteiger charge is -1.96. The molecule has 0 amide bonds. The minimum Gasteiger partial charge on any atom is -0.337 e. The fourth-order valence-electron chi connectivity index (χ4n) is 2.09. The summed E-state index contributed by atoms with van der Waals surface area (Å²) in [5.41, 5.74) is 2.71. The molecule has 6 nitrogen and oxygen atoms in total. The van der Waals surface area contributed by atoms with Crippen LogP contribution in [0.25, 0.3) is 22.7 Å². The molecule has 0 spiro atoms. The molecule has 1 aromatic heterocycles. The number of hydrogen-bond acceptors (Lipinski definition) is 4. The van der Waals surface area contributed by atoms with Crippen molar-refractivity contribution >= 4 is 28.4 Å². The Hall–Kier alpha value is -3.46. The molecule has 2 aromatic carbocycles. The summed E-state index contributed by atoms with van der Waals surface area (Å²) >= 11 is 0. The van der Waals surface area contributed by atoms with Crippen LogP contribution in [0.4, 0.5) is 5.69 Å². The van der Waals surface area contributed by atoms with Crippen LogP contribution in [-0.4, -0.2) is 14.9 Å². The average molecular weight is 290 g/mol. The third-order valence-corrected chi connectivity index (χ3v) is 3.18. The monoisotopic (exact) mass is 290 g/mol. The highest BCUT2D eigenvalue weighted by atomic mass is 16.6. The molecule has 0 fully saturated rings. The maximum atomic E-state index is 10.6. The van der Waals surface area contributed by atoms with Crippen molar-refractivity contribution in [2.24, 2.45) is 0 Å². The van der Waals surface area contributed by atoms with Gasteiger partial charge in [0.15, 0.2) is 0 Å². The number of benzene rings is 2. The summed E-state index contributed by atoms with van der Waals surface area (Å²) in [7, 11) is 0. The first kappa shape index (κ1) is 13.5. The van der Waals surface area contributed by atoms with E-state index in [2.05, 4.69) is 16.0 Å². The number of non-ortho nitro benzene ring substituents is 1. The van der Waals surface area contributed by atoms with Crippen molar-refractivity contribution in [3.05, 3.63) is 70.0 Å². The molecule has 3 aromatic rings. The molecule has 0 saturated heterocycles. The smallest absolute Gasteiger partial charge is 0.269 e. The summed E-state index contributed by atoms with van der Waals surface area (Å²) < 4.78 is 0. The number of H-pyrrole nitrogens is 1. The fourth-order valence-corrected chi connectivity index (χ4v) is 2.09. The van der Waals surface area contributed by atoms with Gasteiger partial charge in [-0.25, -0.2) is 4.98 Å². The third-order valence-electron chi connectivity index (χ3n) is 3.18. The van der Waals surface area contributed by atoms with Gasteiger partial charge in [-0.3, -0.25) is 10.1 Å². The predicted molar refractivity (Wildman–Crippen MR) is 82.7 cm³/mol. The quantitative estimate of drug-likeness (QED) is 0.453. The Kier molecular flexibility index (Phi) is 3.38. The van der Waals surface area contributed by atoms with Gasteiger partial charge in [0.2, 0.25) is 0 Å². The molecule has 1 heterocycles. The Balaban J connectivity index is 1.99. The first-order valence-electron chi connectivity index (χ1n) is 6.49. The highest BCUT2D eigenvalue weighted by molar-refractivity contribution is 5.90. The molecule has 1 N–H and O–H groups in total. The van der Waals surface area contributed by atoms with E-state index in [0.717, 1.165) is 11.0 Å². The molecule has 0 aliphatic heterocycles. The maximum Gasteiger partial charge on any atom is 0.269 e. The summed E-state index contributed by atoms with van der Waals surface area (Å²) in [5, 5.41) is 20.0. The van der Waals surface area contributed by atoms with Gasteiger partial charge in [0.25, 0.3) is 5.69 Å². The van der Waals surface area contributed by atoms with Crippen LogP contribution < -0.4 is 0 Å². The van der Waals surface area contributed by atoms with Gasteiger partial charge in [0.05, 0.1) is 21.5 Å². The maximum absolute atomic E-state index is 10.6. The van der Waals surface area contributed by atoms with Gasteiger partial charge < -0.3 is 4.98 Å². The van der Waals surface area contributed by atoms with Crippen LogP contribution in [0.3, 0.4) is 0 Å². The molecule has 6 heteroatoms. The molecule has 3 rings (SSSR count). The Labute approximate surface area is 125 Å². The SMILES string of the molecule is N#C/C(=C/c1ccc([N+](=O)[O-])cc1)c1nc2ccccc2[nH]1. The van der Waals surface area contributed by atoms with Crippen LogP contribution in [0.15, 0.2) is 48.5 Å². The lowest BCUT2D eigenvalue weighted by atomic mass is 10.1. The number of rotatable bonds is 3. The van der Waals surface area contributed by atoms with E-state index in [0.29, 0.717) is 17.0 Å². The van der Waals surface area contributed by atoms with Gasteiger partial charge in [-0.1, -0.05) is 12.1 Å². The van der Waals surface area contributed by atoms with Crippen LogP contribution in [0, 0.1) is 21.4 Å². The summed E-state index contributed by atoms with van der Waals surface area (Å²) in [4.78, 5) is 17.6. The van der Waals surface area contributed by atoms with Crippen LogP contribution in [0.2, 0.25) is 0 Å². The van der Waals surface area contributed by atoms with E-state index in [4.69, 9.17) is 0 Å². The van der Waals surface area contributed by atoms with Crippen LogP contribution >= 0.6 is 0 Å². The predicted octanol–water partition coefficient (Wildman–Crippen LogP) is 3.54. The normalized spacial score (nSPS) is 11.3. The molecular weight excluding hydrogens is 280 g/mol. The number of aromatic nitrogens is 2. The number of nitriles is 1. The Morgan fingerprint density at radius 1 is 1.23 bits per heavy atom. The van der Waals surface area contributed by atoms with E-state index in [9.17, 15) is 15.4 Å².